The molecule has 3 saturated carbocycles. The van der Waals surface area contributed by atoms with E-state index in [-0.39, 0.29) is 34.2 Å². The number of allylic oxidation sites excluding steroid dienone is 4. The molecule has 4 heteroatoms. The van der Waals surface area contributed by atoms with Crippen LogP contribution in [0.2, 0.25) is 0 Å². The van der Waals surface area contributed by atoms with Crippen LogP contribution in [0.3, 0.4) is 0 Å². The Kier molecular flexibility index (Phi) is 3.86. The second-order valence-electron chi connectivity index (χ2n) is 9.05. The van der Waals surface area contributed by atoms with E-state index in [1.807, 2.05) is 6.08 Å². The Labute approximate surface area is 149 Å². The third-order valence-corrected chi connectivity index (χ3v) is 8.04. The maximum atomic E-state index is 12.3. The molecular weight excluding hydrogens is 316 g/mol. The fourth-order valence-electron chi connectivity index (χ4n) is 6.96. The number of ketones is 2. The molecule has 0 radical (unpaired) electrons. The topological polar surface area (TPSA) is 74.6 Å². The van der Waals surface area contributed by atoms with Gasteiger partial charge in [0.2, 0.25) is 0 Å². The lowest BCUT2D eigenvalue weighted by Gasteiger charge is -2.58. The second kappa shape index (κ2) is 5.62. The average Bonchev–Trinajstić information content (AvgIpc) is 2.91. The van der Waals surface area contributed by atoms with Gasteiger partial charge in [0, 0.05) is 17.3 Å². The number of hydrogen-bond donors (Lipinski definition) is 2. The lowest BCUT2D eigenvalue weighted by molar-refractivity contribution is -0.141. The Balaban J connectivity index is 1.71. The van der Waals surface area contributed by atoms with Crippen molar-refractivity contribution in [1.82, 2.24) is 0 Å². The molecule has 6 unspecified atom stereocenters. The first-order valence-electron chi connectivity index (χ1n) is 9.57. The van der Waals surface area contributed by atoms with E-state index in [4.69, 9.17) is 0 Å². The van der Waals surface area contributed by atoms with Gasteiger partial charge in [0.15, 0.2) is 11.6 Å². The zero-order valence-corrected chi connectivity index (χ0v) is 15.1. The Morgan fingerprint density at radius 1 is 1.28 bits per heavy atom. The monoisotopic (exact) mass is 344 g/mol. The van der Waals surface area contributed by atoms with Crippen molar-refractivity contribution >= 4 is 11.6 Å². The smallest absolute Gasteiger partial charge is 0.178 e. The number of aliphatic hydroxyl groups excluding tert-OH is 2. The van der Waals surface area contributed by atoms with Crippen molar-refractivity contribution in [2.75, 3.05) is 6.61 Å². The van der Waals surface area contributed by atoms with Crippen molar-refractivity contribution in [3.63, 3.8) is 0 Å². The molecule has 4 aliphatic carbocycles. The second-order valence-corrected chi connectivity index (χ2v) is 9.05. The molecule has 0 heterocycles. The molecule has 2 N–H and O–H groups in total. The summed E-state index contributed by atoms with van der Waals surface area (Å²) in [5.74, 6) is 0.734. The molecule has 0 spiro atoms. The molecule has 25 heavy (non-hydrogen) atoms. The van der Waals surface area contributed by atoms with Crippen LogP contribution < -0.4 is 0 Å². The van der Waals surface area contributed by atoms with E-state index < -0.39 is 12.7 Å². The summed E-state index contributed by atoms with van der Waals surface area (Å²) in [5, 5.41) is 20.5. The van der Waals surface area contributed by atoms with Crippen molar-refractivity contribution in [2.24, 2.45) is 34.5 Å². The van der Waals surface area contributed by atoms with E-state index in [2.05, 4.69) is 13.8 Å². The van der Waals surface area contributed by atoms with Crippen molar-refractivity contribution < 1.29 is 19.8 Å². The molecular formula is C21H28O4. The van der Waals surface area contributed by atoms with Gasteiger partial charge in [-0.3, -0.25) is 9.59 Å². The molecule has 0 bridgehead atoms. The van der Waals surface area contributed by atoms with Gasteiger partial charge < -0.3 is 10.2 Å². The maximum Gasteiger partial charge on any atom is 0.178 e. The van der Waals surface area contributed by atoms with Gasteiger partial charge in [-0.05, 0) is 61.5 Å². The lowest BCUT2D eigenvalue weighted by Crippen LogP contribution is -2.56. The molecule has 0 saturated heterocycles. The van der Waals surface area contributed by atoms with Crippen LogP contribution in [0.15, 0.2) is 23.8 Å². The quantitative estimate of drug-likeness (QED) is 0.807. The highest BCUT2D eigenvalue weighted by Gasteiger charge is 2.62. The zero-order chi connectivity index (χ0) is 18.0. The molecule has 7 atom stereocenters. The highest BCUT2D eigenvalue weighted by molar-refractivity contribution is 6.01. The molecule has 136 valence electrons. The van der Waals surface area contributed by atoms with E-state index in [9.17, 15) is 19.8 Å². The van der Waals surface area contributed by atoms with Crippen LogP contribution >= 0.6 is 0 Å². The summed E-state index contributed by atoms with van der Waals surface area (Å²) in [5.41, 5.74) is 0.688. The summed E-state index contributed by atoms with van der Waals surface area (Å²) >= 11 is 0. The van der Waals surface area contributed by atoms with Crippen LogP contribution in [0.4, 0.5) is 0 Å². The molecule has 0 amide bonds. The minimum atomic E-state index is -0.482. The summed E-state index contributed by atoms with van der Waals surface area (Å²) in [6, 6.07) is 0. The van der Waals surface area contributed by atoms with Crippen molar-refractivity contribution in [1.29, 1.82) is 0 Å². The van der Waals surface area contributed by atoms with Crippen LogP contribution in [0.25, 0.3) is 0 Å². The van der Waals surface area contributed by atoms with Crippen LogP contribution in [0, 0.1) is 34.5 Å². The Morgan fingerprint density at radius 2 is 2.04 bits per heavy atom. The summed E-state index contributed by atoms with van der Waals surface area (Å²) in [7, 11) is 0. The van der Waals surface area contributed by atoms with Crippen LogP contribution in [-0.2, 0) is 9.59 Å². The first-order chi connectivity index (χ1) is 11.8. The van der Waals surface area contributed by atoms with Gasteiger partial charge in [0.25, 0.3) is 0 Å². The van der Waals surface area contributed by atoms with Crippen LogP contribution in [0.5, 0.6) is 0 Å². The average molecular weight is 344 g/mol. The molecule has 4 aliphatic rings. The predicted molar refractivity (Wildman–Crippen MR) is 93.6 cm³/mol. The highest BCUT2D eigenvalue weighted by Crippen LogP contribution is 2.65. The van der Waals surface area contributed by atoms with Crippen LogP contribution in [-0.4, -0.2) is 34.5 Å². The SMILES string of the molecule is CC12CC(O)[C@H]3C(CCC4=CC(=O)C=CC43C)C1CCC2C(=O)CO. The van der Waals surface area contributed by atoms with Gasteiger partial charge in [-0.2, -0.15) is 0 Å². The Bertz CT molecular complexity index is 677. The van der Waals surface area contributed by atoms with Crippen molar-refractivity contribution in [3.05, 3.63) is 23.8 Å². The van der Waals surface area contributed by atoms with E-state index >= 15 is 0 Å². The van der Waals surface area contributed by atoms with Crippen LogP contribution in [0.1, 0.15) is 46.0 Å². The number of carbonyl (C=O) groups is 2. The number of fused-ring (bicyclic) bond motifs is 5. The zero-order valence-electron chi connectivity index (χ0n) is 15.1. The number of carbonyl (C=O) groups excluding carboxylic acids is 2. The molecule has 4 nitrogen and oxygen atoms in total. The fraction of sp³-hybridized carbons (Fsp3) is 0.714. The molecule has 0 aliphatic heterocycles. The highest BCUT2D eigenvalue weighted by atomic mass is 16.3. The number of rotatable bonds is 2. The van der Waals surface area contributed by atoms with Gasteiger partial charge in [-0.1, -0.05) is 25.5 Å². The van der Waals surface area contributed by atoms with E-state index in [1.54, 1.807) is 12.2 Å². The molecule has 3 fully saturated rings. The van der Waals surface area contributed by atoms with E-state index in [1.165, 1.54) is 0 Å². The summed E-state index contributed by atoms with van der Waals surface area (Å²) < 4.78 is 0. The fourth-order valence-corrected chi connectivity index (χ4v) is 6.96. The summed E-state index contributed by atoms with van der Waals surface area (Å²) in [6.45, 7) is 3.92. The summed E-state index contributed by atoms with van der Waals surface area (Å²) in [6.07, 6.45) is 9.25. The third-order valence-electron chi connectivity index (χ3n) is 8.04. The number of aliphatic hydroxyl groups is 2. The summed E-state index contributed by atoms with van der Waals surface area (Å²) in [4.78, 5) is 24.1. The third kappa shape index (κ3) is 2.26. The first-order valence-corrected chi connectivity index (χ1v) is 9.57. The van der Waals surface area contributed by atoms with Gasteiger partial charge in [-0.25, -0.2) is 0 Å². The minimum absolute atomic E-state index is 0.0514. The molecule has 0 aromatic heterocycles. The maximum absolute atomic E-state index is 12.3. The molecule has 0 aromatic rings. The lowest BCUT2D eigenvalue weighted by atomic mass is 9.46. The van der Waals surface area contributed by atoms with Crippen molar-refractivity contribution in [3.8, 4) is 0 Å². The minimum Gasteiger partial charge on any atom is -0.393 e. The predicted octanol–water partition coefficient (Wildman–Crippen LogP) is 2.44. The standard InChI is InChI=1S/C21H28O4/c1-20-8-7-13(23)9-12(20)3-4-14-15-5-6-16(18(25)11-22)21(15,2)10-17(24)19(14)20/h7-9,14-17,19,22,24H,3-6,10-11H2,1-2H3/t14?,15?,16?,17?,19-,20?,21?/m1/s1. The first kappa shape index (κ1) is 17.2. The van der Waals surface area contributed by atoms with Gasteiger partial charge in [0.05, 0.1) is 6.10 Å². The van der Waals surface area contributed by atoms with Gasteiger partial charge >= 0.3 is 0 Å². The van der Waals surface area contributed by atoms with E-state index in [0.29, 0.717) is 18.3 Å². The largest absolute Gasteiger partial charge is 0.393 e. The van der Waals surface area contributed by atoms with Gasteiger partial charge in [0.1, 0.15) is 6.61 Å². The Hall–Kier alpha value is -1.26. The normalized spacial score (nSPS) is 48.4. The number of Topliss-reactive ketones (excluding diaryl/α,β-unsaturated/α-hetero) is 1. The van der Waals surface area contributed by atoms with E-state index in [0.717, 1.165) is 31.3 Å². The molecule has 0 aromatic carbocycles. The number of hydrogen-bond acceptors (Lipinski definition) is 4. The molecule has 4 rings (SSSR count). The van der Waals surface area contributed by atoms with Gasteiger partial charge in [-0.15, -0.1) is 0 Å². The Morgan fingerprint density at radius 3 is 2.76 bits per heavy atom. The van der Waals surface area contributed by atoms with Crippen molar-refractivity contribution in [2.45, 2.75) is 52.1 Å².